The Morgan fingerprint density at radius 2 is 2.36 bits per heavy atom. The van der Waals surface area contributed by atoms with Crippen LogP contribution in [0.1, 0.15) is 10.4 Å². The molecule has 14 heavy (non-hydrogen) atoms. The summed E-state index contributed by atoms with van der Waals surface area (Å²) in [6.45, 7) is 0. The number of hydrogen-bond acceptors (Lipinski definition) is 4. The minimum Gasteiger partial charge on any atom is -0.465 e. The molecule has 2 rings (SSSR count). The predicted octanol–water partition coefficient (Wildman–Crippen LogP) is 2.22. The second-order valence-electron chi connectivity index (χ2n) is 2.66. The number of pyridine rings is 1. The quantitative estimate of drug-likeness (QED) is 0.599. The third kappa shape index (κ3) is 1.59. The zero-order valence-electron chi connectivity index (χ0n) is 7.28. The lowest BCUT2D eigenvalue weighted by molar-refractivity contribution is 0.0600. The van der Waals surface area contributed by atoms with Crippen molar-refractivity contribution in [3.8, 4) is 0 Å². The van der Waals surface area contributed by atoms with E-state index in [2.05, 4.69) is 9.72 Å². The molecule has 0 aliphatic carbocycles. The molecule has 0 unspecified atom stereocenters. The molecule has 2 heterocycles. The molecule has 0 aliphatic rings. The first-order valence-corrected chi connectivity index (χ1v) is 4.92. The standard InChI is InChI=1S/C9H6INO3/c1-13-9(12)6-2-5-3-7(10)14-8(5)11-4-6/h2-4H,1H3. The third-order valence-electron chi connectivity index (χ3n) is 1.76. The number of nitrogens with zero attached hydrogens (tertiary/aromatic N) is 1. The van der Waals surface area contributed by atoms with Crippen LogP contribution in [0.25, 0.3) is 11.1 Å². The molecule has 0 N–H and O–H groups in total. The lowest BCUT2D eigenvalue weighted by atomic mass is 10.2. The summed E-state index contributed by atoms with van der Waals surface area (Å²) in [6.07, 6.45) is 1.44. The third-order valence-corrected chi connectivity index (χ3v) is 2.29. The van der Waals surface area contributed by atoms with Crippen molar-refractivity contribution in [2.24, 2.45) is 0 Å². The Bertz CT molecular complexity index is 492. The van der Waals surface area contributed by atoms with Crippen LogP contribution in [-0.2, 0) is 4.74 Å². The SMILES string of the molecule is COC(=O)c1cnc2oc(I)cc2c1. The minimum atomic E-state index is -0.393. The summed E-state index contributed by atoms with van der Waals surface area (Å²) < 4.78 is 10.6. The second kappa shape index (κ2) is 3.56. The zero-order chi connectivity index (χ0) is 10.1. The summed E-state index contributed by atoms with van der Waals surface area (Å²) in [5.41, 5.74) is 0.958. The fraction of sp³-hybridized carbons (Fsp3) is 0.111. The molecular formula is C9H6INO3. The molecule has 0 atom stereocenters. The number of aromatic nitrogens is 1. The van der Waals surface area contributed by atoms with Gasteiger partial charge >= 0.3 is 5.97 Å². The van der Waals surface area contributed by atoms with Crippen molar-refractivity contribution in [1.29, 1.82) is 0 Å². The lowest BCUT2D eigenvalue weighted by Crippen LogP contribution is -2.00. The molecule has 0 saturated carbocycles. The van der Waals surface area contributed by atoms with Gasteiger partial charge in [-0.1, -0.05) is 0 Å². The maximum Gasteiger partial charge on any atom is 0.339 e. The van der Waals surface area contributed by atoms with Crippen LogP contribution in [0.15, 0.2) is 22.7 Å². The maximum absolute atomic E-state index is 11.2. The van der Waals surface area contributed by atoms with Crippen molar-refractivity contribution in [2.45, 2.75) is 0 Å². The van der Waals surface area contributed by atoms with Gasteiger partial charge in [-0.2, -0.15) is 0 Å². The topological polar surface area (TPSA) is 52.3 Å². The monoisotopic (exact) mass is 303 g/mol. The highest BCUT2D eigenvalue weighted by atomic mass is 127. The van der Waals surface area contributed by atoms with Gasteiger partial charge in [-0.05, 0) is 34.7 Å². The zero-order valence-corrected chi connectivity index (χ0v) is 9.44. The number of esters is 1. The van der Waals surface area contributed by atoms with E-state index in [4.69, 9.17) is 4.42 Å². The molecule has 5 heteroatoms. The Kier molecular flexibility index (Phi) is 2.40. The van der Waals surface area contributed by atoms with Crippen LogP contribution in [0.3, 0.4) is 0 Å². The van der Waals surface area contributed by atoms with E-state index in [-0.39, 0.29) is 0 Å². The van der Waals surface area contributed by atoms with Crippen LogP contribution in [-0.4, -0.2) is 18.1 Å². The van der Waals surface area contributed by atoms with E-state index in [1.165, 1.54) is 13.3 Å². The van der Waals surface area contributed by atoms with Crippen molar-refractivity contribution in [3.63, 3.8) is 0 Å². The Labute approximate surface area is 93.4 Å². The number of methoxy groups -OCH3 is 1. The molecule has 72 valence electrons. The molecule has 0 bridgehead atoms. The normalized spacial score (nSPS) is 10.4. The van der Waals surface area contributed by atoms with Crippen molar-refractivity contribution < 1.29 is 13.9 Å². The molecule has 0 spiro atoms. The summed E-state index contributed by atoms with van der Waals surface area (Å²) in [7, 11) is 1.34. The van der Waals surface area contributed by atoms with Gasteiger partial charge in [0.25, 0.3) is 0 Å². The van der Waals surface area contributed by atoms with E-state index in [1.807, 2.05) is 28.7 Å². The number of halogens is 1. The van der Waals surface area contributed by atoms with E-state index in [1.54, 1.807) is 6.07 Å². The van der Waals surface area contributed by atoms with Crippen molar-refractivity contribution >= 4 is 39.7 Å². The van der Waals surface area contributed by atoms with Crippen LogP contribution in [0.4, 0.5) is 0 Å². The fourth-order valence-corrected chi connectivity index (χ4v) is 1.68. The van der Waals surface area contributed by atoms with Crippen LogP contribution in [0.5, 0.6) is 0 Å². The van der Waals surface area contributed by atoms with Gasteiger partial charge in [0.15, 0.2) is 3.77 Å². The van der Waals surface area contributed by atoms with Gasteiger partial charge in [0.05, 0.1) is 12.7 Å². The summed E-state index contributed by atoms with van der Waals surface area (Å²) in [6, 6.07) is 3.51. The van der Waals surface area contributed by atoms with Gasteiger partial charge in [0.1, 0.15) is 0 Å². The average Bonchev–Trinajstić information content (AvgIpc) is 2.55. The number of hydrogen-bond donors (Lipinski definition) is 0. The van der Waals surface area contributed by atoms with Crippen LogP contribution >= 0.6 is 22.6 Å². The van der Waals surface area contributed by atoms with Gasteiger partial charge in [-0.15, -0.1) is 0 Å². The number of fused-ring (bicyclic) bond motifs is 1. The van der Waals surface area contributed by atoms with E-state index in [0.717, 1.165) is 9.15 Å². The minimum absolute atomic E-state index is 0.393. The van der Waals surface area contributed by atoms with Gasteiger partial charge in [-0.25, -0.2) is 9.78 Å². The second-order valence-corrected chi connectivity index (χ2v) is 3.72. The molecule has 0 amide bonds. The summed E-state index contributed by atoms with van der Waals surface area (Å²) in [5, 5.41) is 0.803. The number of rotatable bonds is 1. The highest BCUT2D eigenvalue weighted by molar-refractivity contribution is 14.1. The highest BCUT2D eigenvalue weighted by Crippen LogP contribution is 2.19. The molecule has 0 aliphatic heterocycles. The first-order chi connectivity index (χ1) is 6.70. The van der Waals surface area contributed by atoms with Crippen LogP contribution in [0, 0.1) is 3.77 Å². The molecule has 2 aromatic rings. The molecule has 0 saturated heterocycles. The Morgan fingerprint density at radius 1 is 1.57 bits per heavy atom. The van der Waals surface area contributed by atoms with E-state index >= 15 is 0 Å². The van der Waals surface area contributed by atoms with Crippen LogP contribution in [0.2, 0.25) is 0 Å². The number of carbonyl (C=O) groups is 1. The van der Waals surface area contributed by atoms with Crippen LogP contribution < -0.4 is 0 Å². The maximum atomic E-state index is 11.2. The van der Waals surface area contributed by atoms with Gasteiger partial charge in [0.2, 0.25) is 5.71 Å². The summed E-state index contributed by atoms with van der Waals surface area (Å²) in [5.74, 6) is -0.393. The number of furan rings is 1. The van der Waals surface area contributed by atoms with Crippen molar-refractivity contribution in [3.05, 3.63) is 27.7 Å². The van der Waals surface area contributed by atoms with E-state index in [0.29, 0.717) is 11.3 Å². The van der Waals surface area contributed by atoms with Gasteiger partial charge in [-0.3, -0.25) is 0 Å². The average molecular weight is 303 g/mol. The number of ether oxygens (including phenoxy) is 1. The van der Waals surface area contributed by atoms with Crippen molar-refractivity contribution in [2.75, 3.05) is 7.11 Å². The Morgan fingerprint density at radius 3 is 3.07 bits per heavy atom. The first-order valence-electron chi connectivity index (χ1n) is 3.84. The summed E-state index contributed by atoms with van der Waals surface area (Å²) in [4.78, 5) is 15.2. The molecule has 0 fully saturated rings. The number of carbonyl (C=O) groups excluding carboxylic acids is 1. The largest absolute Gasteiger partial charge is 0.465 e. The molecule has 4 nitrogen and oxygen atoms in total. The smallest absolute Gasteiger partial charge is 0.339 e. The van der Waals surface area contributed by atoms with E-state index < -0.39 is 5.97 Å². The Hall–Kier alpha value is -1.11. The van der Waals surface area contributed by atoms with Gasteiger partial charge in [0, 0.05) is 11.6 Å². The Balaban J connectivity index is 2.55. The predicted molar refractivity (Wildman–Crippen MR) is 58.1 cm³/mol. The fourth-order valence-electron chi connectivity index (χ4n) is 1.13. The van der Waals surface area contributed by atoms with Gasteiger partial charge < -0.3 is 9.15 Å². The summed E-state index contributed by atoms with van der Waals surface area (Å²) >= 11 is 2.05. The lowest BCUT2D eigenvalue weighted by Gasteiger charge is -1.96. The van der Waals surface area contributed by atoms with Crippen molar-refractivity contribution in [1.82, 2.24) is 4.98 Å². The molecule has 0 radical (unpaired) electrons. The molecular weight excluding hydrogens is 297 g/mol. The first kappa shape index (κ1) is 9.45. The van der Waals surface area contributed by atoms with E-state index in [9.17, 15) is 4.79 Å². The highest BCUT2D eigenvalue weighted by Gasteiger charge is 2.09. The molecule has 2 aromatic heterocycles. The molecule has 0 aromatic carbocycles.